The number of hydrogen-bond donors (Lipinski definition) is 3. The molecule has 0 saturated carbocycles. The quantitative estimate of drug-likeness (QED) is 0.329. The smallest absolute Gasteiger partial charge is 0.239 e. The molecule has 0 bridgehead atoms. The third kappa shape index (κ3) is 7.54. The molecule has 5 rings (SSSR count). The highest BCUT2D eigenvalue weighted by Gasteiger charge is 2.28. The van der Waals surface area contributed by atoms with E-state index in [-0.39, 0.29) is 23.9 Å². The molecule has 1 aromatic heterocycles. The average Bonchev–Trinajstić information content (AvgIpc) is 2.90. The van der Waals surface area contributed by atoms with E-state index in [1.54, 1.807) is 6.07 Å². The van der Waals surface area contributed by atoms with E-state index in [0.29, 0.717) is 42.0 Å². The van der Waals surface area contributed by atoms with Crippen LogP contribution in [0.1, 0.15) is 23.9 Å². The number of nitrogens with one attached hydrogen (secondary N) is 2. The first-order valence-electron chi connectivity index (χ1n) is 13.1. The number of ether oxygens (including phenoxy) is 2. The summed E-state index contributed by atoms with van der Waals surface area (Å²) in [6, 6.07) is 15.1. The predicted octanol–water partition coefficient (Wildman–Crippen LogP) is 4.30. The van der Waals surface area contributed by atoms with Crippen LogP contribution in [0.25, 0.3) is 0 Å². The fraction of sp³-hybridized carbons (Fsp3) is 0.393. The third-order valence-corrected chi connectivity index (χ3v) is 7.25. The minimum atomic E-state index is -0.0678. The number of thiol groups is 1. The molecule has 0 radical (unpaired) electrons. The van der Waals surface area contributed by atoms with E-state index in [2.05, 4.69) is 33.1 Å². The molecule has 0 spiro atoms. The minimum Gasteiger partial charge on any atom is -0.457 e. The van der Waals surface area contributed by atoms with Crippen molar-refractivity contribution in [3.63, 3.8) is 0 Å². The lowest BCUT2D eigenvalue weighted by atomic mass is 10.00. The van der Waals surface area contributed by atoms with E-state index in [0.717, 1.165) is 43.1 Å². The Morgan fingerprint density at radius 2 is 2.03 bits per heavy atom. The lowest BCUT2D eigenvalue weighted by Gasteiger charge is -2.35. The van der Waals surface area contributed by atoms with Crippen molar-refractivity contribution < 1.29 is 14.3 Å². The Labute approximate surface area is 239 Å². The fourth-order valence-corrected chi connectivity index (χ4v) is 5.32. The number of carbonyl (C=O) groups excluding carboxylic acids is 1. The van der Waals surface area contributed by atoms with Gasteiger partial charge in [0, 0.05) is 61.3 Å². The largest absolute Gasteiger partial charge is 0.457 e. The SMILES string of the molecule is Cc1ncc2c(n1)N(CC(=O)NCCN1CCOC(S)C1)CCC2Nc1cccc(Oc2cccc(Cl)c2)c1. The zero-order valence-electron chi connectivity index (χ0n) is 21.8. The third-order valence-electron chi connectivity index (χ3n) is 6.70. The van der Waals surface area contributed by atoms with Crippen molar-refractivity contribution in [2.75, 3.05) is 56.1 Å². The monoisotopic (exact) mass is 568 g/mol. The molecule has 2 aliphatic rings. The zero-order valence-corrected chi connectivity index (χ0v) is 23.5. The van der Waals surface area contributed by atoms with Gasteiger partial charge in [-0.15, -0.1) is 12.6 Å². The van der Waals surface area contributed by atoms with Crippen LogP contribution in [0.4, 0.5) is 11.5 Å². The van der Waals surface area contributed by atoms with Crippen molar-refractivity contribution in [1.82, 2.24) is 20.2 Å². The van der Waals surface area contributed by atoms with Gasteiger partial charge in [-0.05, 0) is 43.7 Å². The van der Waals surface area contributed by atoms with Crippen LogP contribution in [0.2, 0.25) is 5.02 Å². The van der Waals surface area contributed by atoms with Crippen LogP contribution >= 0.6 is 24.2 Å². The van der Waals surface area contributed by atoms with Gasteiger partial charge in [0.1, 0.15) is 28.6 Å². The maximum Gasteiger partial charge on any atom is 0.239 e. The molecular formula is C28H33ClN6O3S. The lowest BCUT2D eigenvalue weighted by molar-refractivity contribution is -0.119. The standard InChI is InChI=1S/C28H33ClN6O3S/c1-19-31-16-24-25(33-21-5-3-7-23(15-21)38-22-6-2-4-20(29)14-22)8-10-35(28(24)32-19)17-26(36)30-9-11-34-12-13-37-27(39)18-34/h2-7,14-16,25,27,33,39H,8-13,17-18H2,1H3,(H,30,36). The highest BCUT2D eigenvalue weighted by atomic mass is 35.5. The van der Waals surface area contributed by atoms with Gasteiger partial charge in [-0.1, -0.05) is 23.7 Å². The molecule has 2 aliphatic heterocycles. The number of anilines is 2. The first kappa shape index (κ1) is 27.5. The summed E-state index contributed by atoms with van der Waals surface area (Å²) in [5.74, 6) is 2.82. The van der Waals surface area contributed by atoms with Crippen LogP contribution in [0.5, 0.6) is 11.5 Å². The average molecular weight is 569 g/mol. The number of carbonyl (C=O) groups is 1. The predicted molar refractivity (Wildman–Crippen MR) is 156 cm³/mol. The second-order valence-electron chi connectivity index (χ2n) is 9.67. The molecule has 1 fully saturated rings. The number of morpholine rings is 1. The van der Waals surface area contributed by atoms with Crippen molar-refractivity contribution in [2.24, 2.45) is 0 Å². The zero-order chi connectivity index (χ0) is 27.2. The molecule has 3 aromatic rings. The summed E-state index contributed by atoms with van der Waals surface area (Å²) < 4.78 is 11.5. The van der Waals surface area contributed by atoms with Gasteiger partial charge >= 0.3 is 0 Å². The van der Waals surface area contributed by atoms with Crippen molar-refractivity contribution in [1.29, 1.82) is 0 Å². The molecule has 0 aliphatic carbocycles. The molecule has 206 valence electrons. The van der Waals surface area contributed by atoms with Gasteiger partial charge in [0.2, 0.25) is 5.91 Å². The number of fused-ring (bicyclic) bond motifs is 1. The van der Waals surface area contributed by atoms with Crippen molar-refractivity contribution in [3.05, 3.63) is 71.1 Å². The fourth-order valence-electron chi connectivity index (χ4n) is 4.80. The topological polar surface area (TPSA) is 91.9 Å². The van der Waals surface area contributed by atoms with Gasteiger partial charge in [-0.2, -0.15) is 0 Å². The molecule has 9 nitrogen and oxygen atoms in total. The molecule has 2 atom stereocenters. The molecular weight excluding hydrogens is 536 g/mol. The summed E-state index contributed by atoms with van der Waals surface area (Å²) in [6.45, 7) is 6.45. The van der Waals surface area contributed by atoms with Crippen LogP contribution in [-0.2, 0) is 9.53 Å². The normalized spacial score (nSPS) is 19.3. The summed E-state index contributed by atoms with van der Waals surface area (Å²) in [5.41, 5.74) is 1.82. The Morgan fingerprint density at radius 3 is 2.85 bits per heavy atom. The molecule has 2 aromatic carbocycles. The van der Waals surface area contributed by atoms with E-state index >= 15 is 0 Å². The first-order valence-corrected chi connectivity index (χ1v) is 14.0. The van der Waals surface area contributed by atoms with Crippen LogP contribution in [0.15, 0.2) is 54.7 Å². The number of rotatable bonds is 9. The Hall–Kier alpha value is -3.05. The number of benzene rings is 2. The molecule has 2 N–H and O–H groups in total. The van der Waals surface area contributed by atoms with Gasteiger partial charge in [-0.25, -0.2) is 9.97 Å². The Kier molecular flexibility index (Phi) is 9.08. The lowest BCUT2D eigenvalue weighted by Crippen LogP contribution is -2.46. The van der Waals surface area contributed by atoms with Crippen LogP contribution in [-0.4, -0.2) is 72.1 Å². The summed E-state index contributed by atoms with van der Waals surface area (Å²) >= 11 is 10.5. The minimum absolute atomic E-state index is 0.00293. The summed E-state index contributed by atoms with van der Waals surface area (Å²) in [5, 5.41) is 7.28. The number of aromatic nitrogens is 2. The maximum atomic E-state index is 12.8. The maximum absolute atomic E-state index is 12.8. The number of aryl methyl sites for hydroxylation is 1. The first-order chi connectivity index (χ1) is 18.9. The summed E-state index contributed by atoms with van der Waals surface area (Å²) in [6.07, 6.45) is 2.65. The molecule has 1 amide bonds. The van der Waals surface area contributed by atoms with Gasteiger partial charge < -0.3 is 25.0 Å². The van der Waals surface area contributed by atoms with Crippen LogP contribution in [0.3, 0.4) is 0 Å². The molecule has 11 heteroatoms. The van der Waals surface area contributed by atoms with Gasteiger partial charge in [-0.3, -0.25) is 9.69 Å². The van der Waals surface area contributed by atoms with Gasteiger partial charge in [0.15, 0.2) is 0 Å². The van der Waals surface area contributed by atoms with E-state index in [1.807, 2.05) is 60.5 Å². The van der Waals surface area contributed by atoms with E-state index < -0.39 is 0 Å². The highest BCUT2D eigenvalue weighted by Crippen LogP contribution is 2.35. The van der Waals surface area contributed by atoms with Crippen molar-refractivity contribution in [3.8, 4) is 11.5 Å². The van der Waals surface area contributed by atoms with E-state index in [9.17, 15) is 4.79 Å². The van der Waals surface area contributed by atoms with Gasteiger partial charge in [0.05, 0.1) is 19.2 Å². The Morgan fingerprint density at radius 1 is 1.21 bits per heavy atom. The molecule has 3 heterocycles. The van der Waals surface area contributed by atoms with Crippen LogP contribution in [0, 0.1) is 6.92 Å². The van der Waals surface area contributed by atoms with Gasteiger partial charge in [0.25, 0.3) is 0 Å². The number of hydrogen-bond acceptors (Lipinski definition) is 9. The van der Waals surface area contributed by atoms with Crippen LogP contribution < -0.4 is 20.3 Å². The van der Waals surface area contributed by atoms with Crippen molar-refractivity contribution >= 4 is 41.6 Å². The van der Waals surface area contributed by atoms with Crippen molar-refractivity contribution in [2.45, 2.75) is 24.8 Å². The Bertz CT molecular complexity index is 1300. The summed E-state index contributed by atoms with van der Waals surface area (Å²) in [4.78, 5) is 26.2. The second-order valence-corrected chi connectivity index (χ2v) is 10.7. The number of amides is 1. The van der Waals surface area contributed by atoms with E-state index in [4.69, 9.17) is 26.1 Å². The second kappa shape index (κ2) is 12.9. The summed E-state index contributed by atoms with van der Waals surface area (Å²) in [7, 11) is 0. The highest BCUT2D eigenvalue weighted by molar-refractivity contribution is 7.80. The number of nitrogens with zero attached hydrogens (tertiary/aromatic N) is 4. The van der Waals surface area contributed by atoms with E-state index in [1.165, 1.54) is 0 Å². The Balaban J connectivity index is 1.21. The molecule has 2 unspecified atom stereocenters. The molecule has 1 saturated heterocycles. The molecule has 39 heavy (non-hydrogen) atoms. The number of halogens is 1.